The first-order chi connectivity index (χ1) is 11.9. The highest BCUT2D eigenvalue weighted by atomic mass is 14.9. The minimum Gasteiger partial charge on any atom is -0.244 e. The molecule has 4 nitrogen and oxygen atoms in total. The second-order valence-electron chi connectivity index (χ2n) is 6.77. The van der Waals surface area contributed by atoms with Crippen LogP contribution in [0.3, 0.4) is 0 Å². The molecule has 0 N–H and O–H groups in total. The van der Waals surface area contributed by atoms with Crippen molar-refractivity contribution in [1.82, 2.24) is 19.9 Å². The standard InChI is InChI=1S/C20H18N4/c1-2-13(3-1)8-20-22-11-17-16(5-7-19(17)24-20)14-4-6-18-15(9-14)10-21-12-23-18/h4-6,9-13H,1-3,7-8H2. The maximum atomic E-state index is 4.83. The van der Waals surface area contributed by atoms with Gasteiger partial charge < -0.3 is 0 Å². The Hall–Kier alpha value is -2.62. The molecule has 0 spiro atoms. The molecule has 0 radical (unpaired) electrons. The summed E-state index contributed by atoms with van der Waals surface area (Å²) in [5.74, 6) is 1.82. The third-order valence-corrected chi connectivity index (χ3v) is 5.22. The fourth-order valence-electron chi connectivity index (χ4n) is 3.63. The van der Waals surface area contributed by atoms with Gasteiger partial charge in [0.05, 0.1) is 11.2 Å². The molecule has 5 rings (SSSR count). The van der Waals surface area contributed by atoms with Crippen molar-refractivity contribution in [3.8, 4) is 0 Å². The Morgan fingerprint density at radius 3 is 2.92 bits per heavy atom. The quantitative estimate of drug-likeness (QED) is 0.739. The zero-order chi connectivity index (χ0) is 15.9. The van der Waals surface area contributed by atoms with Crippen LogP contribution in [0.15, 0.2) is 43.0 Å². The minimum atomic E-state index is 0.803. The lowest BCUT2D eigenvalue weighted by atomic mass is 9.83. The number of fused-ring (bicyclic) bond motifs is 2. The molecule has 0 amide bonds. The molecule has 2 heterocycles. The molecular weight excluding hydrogens is 296 g/mol. The number of benzene rings is 1. The summed E-state index contributed by atoms with van der Waals surface area (Å²) in [7, 11) is 0. The van der Waals surface area contributed by atoms with Gasteiger partial charge in [-0.3, -0.25) is 0 Å². The summed E-state index contributed by atoms with van der Waals surface area (Å²) in [6.45, 7) is 0. The van der Waals surface area contributed by atoms with Crippen molar-refractivity contribution in [2.75, 3.05) is 0 Å². The summed E-state index contributed by atoms with van der Waals surface area (Å²) in [5, 5.41) is 1.06. The topological polar surface area (TPSA) is 51.6 Å². The van der Waals surface area contributed by atoms with Crippen LogP contribution in [0.4, 0.5) is 0 Å². The number of allylic oxidation sites excluding steroid dienone is 1. The van der Waals surface area contributed by atoms with Gasteiger partial charge in [0.2, 0.25) is 0 Å². The van der Waals surface area contributed by atoms with Crippen LogP contribution in [0.5, 0.6) is 0 Å². The summed E-state index contributed by atoms with van der Waals surface area (Å²) in [5.41, 5.74) is 5.72. The molecule has 1 aromatic carbocycles. The lowest BCUT2D eigenvalue weighted by molar-refractivity contribution is 0.309. The van der Waals surface area contributed by atoms with Gasteiger partial charge in [-0.15, -0.1) is 0 Å². The van der Waals surface area contributed by atoms with Gasteiger partial charge in [0, 0.05) is 36.2 Å². The van der Waals surface area contributed by atoms with E-state index in [4.69, 9.17) is 4.98 Å². The SMILES string of the molecule is C1=C(c2ccc3ncncc3c2)c2cnc(CC3CCC3)nc2C1. The van der Waals surface area contributed by atoms with Crippen LogP contribution in [0.1, 0.15) is 41.9 Å². The van der Waals surface area contributed by atoms with Crippen molar-refractivity contribution < 1.29 is 0 Å². The number of hydrogen-bond donors (Lipinski definition) is 0. The van der Waals surface area contributed by atoms with E-state index in [9.17, 15) is 0 Å². The maximum Gasteiger partial charge on any atom is 0.128 e. The molecule has 0 atom stereocenters. The number of rotatable bonds is 3. The summed E-state index contributed by atoms with van der Waals surface area (Å²) in [4.78, 5) is 17.9. The van der Waals surface area contributed by atoms with E-state index >= 15 is 0 Å². The van der Waals surface area contributed by atoms with Crippen molar-refractivity contribution in [2.45, 2.75) is 32.1 Å². The van der Waals surface area contributed by atoms with Crippen LogP contribution in [0.2, 0.25) is 0 Å². The molecule has 0 bridgehead atoms. The third kappa shape index (κ3) is 2.30. The summed E-state index contributed by atoms with van der Waals surface area (Å²) < 4.78 is 0. The predicted molar refractivity (Wildman–Crippen MR) is 93.4 cm³/mol. The van der Waals surface area contributed by atoms with Crippen LogP contribution < -0.4 is 0 Å². The molecule has 2 aromatic heterocycles. The maximum absolute atomic E-state index is 4.83. The lowest BCUT2D eigenvalue weighted by Gasteiger charge is -2.24. The van der Waals surface area contributed by atoms with Crippen LogP contribution in [-0.4, -0.2) is 19.9 Å². The Morgan fingerprint density at radius 2 is 2.04 bits per heavy atom. The van der Waals surface area contributed by atoms with Gasteiger partial charge in [0.25, 0.3) is 0 Å². The molecule has 3 aromatic rings. The molecular formula is C20H18N4. The number of aromatic nitrogens is 4. The van der Waals surface area contributed by atoms with Gasteiger partial charge in [-0.25, -0.2) is 19.9 Å². The van der Waals surface area contributed by atoms with Gasteiger partial charge in [-0.2, -0.15) is 0 Å². The number of hydrogen-bond acceptors (Lipinski definition) is 4. The highest BCUT2D eigenvalue weighted by Gasteiger charge is 2.22. The van der Waals surface area contributed by atoms with Crippen molar-refractivity contribution in [3.05, 3.63) is 65.6 Å². The molecule has 0 aliphatic heterocycles. The molecule has 2 aliphatic carbocycles. The molecule has 0 unspecified atom stereocenters. The van der Waals surface area contributed by atoms with Gasteiger partial charge in [-0.05, 0) is 29.2 Å². The normalized spacial score (nSPS) is 16.8. The fraction of sp³-hybridized carbons (Fsp3) is 0.300. The van der Waals surface area contributed by atoms with E-state index in [-0.39, 0.29) is 0 Å². The van der Waals surface area contributed by atoms with Gasteiger partial charge >= 0.3 is 0 Å². The summed E-state index contributed by atoms with van der Waals surface area (Å²) >= 11 is 0. The largest absolute Gasteiger partial charge is 0.244 e. The van der Waals surface area contributed by atoms with Crippen molar-refractivity contribution >= 4 is 16.5 Å². The van der Waals surface area contributed by atoms with Gasteiger partial charge in [0.15, 0.2) is 0 Å². The third-order valence-electron chi connectivity index (χ3n) is 5.22. The summed E-state index contributed by atoms with van der Waals surface area (Å²) in [6, 6.07) is 6.33. The average molecular weight is 314 g/mol. The highest BCUT2D eigenvalue weighted by molar-refractivity contribution is 5.89. The van der Waals surface area contributed by atoms with Crippen LogP contribution >= 0.6 is 0 Å². The zero-order valence-corrected chi connectivity index (χ0v) is 13.4. The molecule has 0 saturated heterocycles. The Bertz CT molecular complexity index is 957. The molecule has 1 saturated carbocycles. The van der Waals surface area contributed by atoms with Crippen molar-refractivity contribution in [2.24, 2.45) is 5.92 Å². The van der Waals surface area contributed by atoms with E-state index in [1.807, 2.05) is 12.4 Å². The zero-order valence-electron chi connectivity index (χ0n) is 13.4. The minimum absolute atomic E-state index is 0.803. The van der Waals surface area contributed by atoms with E-state index in [2.05, 4.69) is 39.2 Å². The van der Waals surface area contributed by atoms with Gasteiger partial charge in [0.1, 0.15) is 12.2 Å². The van der Waals surface area contributed by atoms with Crippen LogP contribution in [0, 0.1) is 5.92 Å². The number of nitrogens with zero attached hydrogens (tertiary/aromatic N) is 4. The first kappa shape index (κ1) is 13.8. The first-order valence-electron chi connectivity index (χ1n) is 8.62. The highest BCUT2D eigenvalue weighted by Crippen LogP contribution is 2.33. The molecule has 24 heavy (non-hydrogen) atoms. The average Bonchev–Trinajstić information content (AvgIpc) is 3.01. The Labute approximate surface area is 140 Å². The van der Waals surface area contributed by atoms with E-state index < -0.39 is 0 Å². The first-order valence-corrected chi connectivity index (χ1v) is 8.62. The fourth-order valence-corrected chi connectivity index (χ4v) is 3.63. The Kier molecular flexibility index (Phi) is 3.15. The van der Waals surface area contributed by atoms with E-state index in [0.717, 1.165) is 35.5 Å². The Morgan fingerprint density at radius 1 is 1.08 bits per heavy atom. The van der Waals surface area contributed by atoms with E-state index in [1.165, 1.54) is 41.7 Å². The molecule has 2 aliphatic rings. The second-order valence-corrected chi connectivity index (χ2v) is 6.77. The Balaban J connectivity index is 1.48. The smallest absolute Gasteiger partial charge is 0.128 e. The van der Waals surface area contributed by atoms with Crippen molar-refractivity contribution in [3.63, 3.8) is 0 Å². The monoisotopic (exact) mass is 314 g/mol. The van der Waals surface area contributed by atoms with Crippen LogP contribution in [-0.2, 0) is 12.8 Å². The van der Waals surface area contributed by atoms with E-state index in [1.54, 1.807) is 6.33 Å². The second kappa shape index (κ2) is 5.48. The summed E-state index contributed by atoms with van der Waals surface area (Å²) in [6.07, 6.45) is 13.7. The van der Waals surface area contributed by atoms with Crippen molar-refractivity contribution in [1.29, 1.82) is 0 Å². The molecule has 1 fully saturated rings. The molecule has 4 heteroatoms. The van der Waals surface area contributed by atoms with Crippen LogP contribution in [0.25, 0.3) is 16.5 Å². The predicted octanol–water partition coefficient (Wildman–Crippen LogP) is 3.75. The van der Waals surface area contributed by atoms with E-state index in [0.29, 0.717) is 0 Å². The molecule has 118 valence electrons. The van der Waals surface area contributed by atoms with Gasteiger partial charge in [-0.1, -0.05) is 31.4 Å². The lowest BCUT2D eigenvalue weighted by Crippen LogP contribution is -2.16.